The summed E-state index contributed by atoms with van der Waals surface area (Å²) in [5.41, 5.74) is 5.02. The molecular weight excluding hydrogens is 292 g/mol. The van der Waals surface area contributed by atoms with Gasteiger partial charge in [-0.25, -0.2) is 0 Å². The molecule has 112 valence electrons. The summed E-state index contributed by atoms with van der Waals surface area (Å²) < 4.78 is 16.7. The minimum Gasteiger partial charge on any atom is -0.368 e. The molecule has 1 fully saturated rings. The van der Waals surface area contributed by atoms with Crippen molar-refractivity contribution in [2.24, 2.45) is 0 Å². The molecule has 1 saturated heterocycles. The molecule has 0 aromatic heterocycles. The van der Waals surface area contributed by atoms with Gasteiger partial charge in [0.05, 0.1) is 31.7 Å². The summed E-state index contributed by atoms with van der Waals surface area (Å²) in [6, 6.07) is 4.43. The zero-order valence-electron chi connectivity index (χ0n) is 12.3. The van der Waals surface area contributed by atoms with Crippen LogP contribution < -0.4 is 0 Å². The van der Waals surface area contributed by atoms with Gasteiger partial charge in [-0.1, -0.05) is 12.1 Å². The predicted molar refractivity (Wildman–Crippen MR) is 86.2 cm³/mol. The van der Waals surface area contributed by atoms with Crippen molar-refractivity contribution in [2.45, 2.75) is 26.2 Å². The predicted octanol–water partition coefficient (Wildman–Crippen LogP) is 3.74. The van der Waals surface area contributed by atoms with Crippen LogP contribution in [0.15, 0.2) is 12.1 Å². The Bertz CT molecular complexity index is 402. The Morgan fingerprint density at radius 3 is 2.00 bits per heavy atom. The fourth-order valence-corrected chi connectivity index (χ4v) is 2.56. The van der Waals surface area contributed by atoms with Gasteiger partial charge in [0.1, 0.15) is 6.10 Å². The minimum atomic E-state index is 0.272. The maximum atomic E-state index is 5.66. The quantitative estimate of drug-likeness (QED) is 0.394. The number of hydrogen-bond acceptors (Lipinski definition) is 5. The third-order valence-corrected chi connectivity index (χ3v) is 4.07. The lowest BCUT2D eigenvalue weighted by Gasteiger charge is -2.14. The van der Waals surface area contributed by atoms with E-state index < -0.39 is 0 Å². The van der Waals surface area contributed by atoms with Crippen LogP contribution in [0.2, 0.25) is 0 Å². The van der Waals surface area contributed by atoms with Gasteiger partial charge in [-0.05, 0) is 41.7 Å². The number of thioether (sulfide) groups is 2. The molecule has 1 unspecified atom stereocenters. The van der Waals surface area contributed by atoms with Gasteiger partial charge in [-0.15, -0.1) is 23.5 Å². The minimum absolute atomic E-state index is 0.272. The van der Waals surface area contributed by atoms with Gasteiger partial charge in [-0.2, -0.15) is 0 Å². The van der Waals surface area contributed by atoms with Crippen LogP contribution in [0.5, 0.6) is 0 Å². The fraction of sp³-hybridized carbons (Fsp3) is 0.600. The molecule has 0 aliphatic carbocycles. The summed E-state index contributed by atoms with van der Waals surface area (Å²) in [5, 5.41) is 0. The van der Waals surface area contributed by atoms with Crippen LogP contribution in [0.3, 0.4) is 0 Å². The van der Waals surface area contributed by atoms with E-state index in [1.54, 1.807) is 23.5 Å². The van der Waals surface area contributed by atoms with Crippen molar-refractivity contribution in [2.75, 3.05) is 31.0 Å². The zero-order valence-corrected chi connectivity index (χ0v) is 13.9. The second-order valence-corrected chi connectivity index (χ2v) is 6.42. The van der Waals surface area contributed by atoms with Gasteiger partial charge < -0.3 is 14.2 Å². The molecule has 3 nitrogen and oxygen atoms in total. The van der Waals surface area contributed by atoms with Crippen molar-refractivity contribution in [1.82, 2.24) is 0 Å². The number of benzene rings is 1. The average Bonchev–Trinajstić information content (AvgIpc) is 3.27. The van der Waals surface area contributed by atoms with Gasteiger partial charge in [-0.3, -0.25) is 0 Å². The molecule has 1 aliphatic rings. The Hall–Kier alpha value is -0.200. The smallest absolute Gasteiger partial charge is 0.106 e. The van der Waals surface area contributed by atoms with Crippen molar-refractivity contribution in [3.63, 3.8) is 0 Å². The highest BCUT2D eigenvalue weighted by atomic mass is 32.2. The van der Waals surface area contributed by atoms with E-state index in [0.717, 1.165) is 18.5 Å². The van der Waals surface area contributed by atoms with Gasteiger partial charge >= 0.3 is 0 Å². The molecule has 0 N–H and O–H groups in total. The van der Waals surface area contributed by atoms with Crippen LogP contribution >= 0.6 is 23.5 Å². The highest BCUT2D eigenvalue weighted by molar-refractivity contribution is 7.98. The van der Waals surface area contributed by atoms with E-state index in [1.165, 1.54) is 22.3 Å². The first-order chi connectivity index (χ1) is 9.76. The summed E-state index contributed by atoms with van der Waals surface area (Å²) in [6.07, 6.45) is 4.36. The van der Waals surface area contributed by atoms with E-state index >= 15 is 0 Å². The molecule has 0 spiro atoms. The topological polar surface area (TPSA) is 31.0 Å². The van der Waals surface area contributed by atoms with Gasteiger partial charge in [0.2, 0.25) is 0 Å². The van der Waals surface area contributed by atoms with Crippen LogP contribution in [0.4, 0.5) is 0 Å². The van der Waals surface area contributed by atoms with E-state index in [2.05, 4.69) is 19.1 Å². The Morgan fingerprint density at radius 2 is 1.60 bits per heavy atom. The Balaban J connectivity index is 2.11. The zero-order chi connectivity index (χ0) is 14.4. The largest absolute Gasteiger partial charge is 0.368 e. The third kappa shape index (κ3) is 4.67. The van der Waals surface area contributed by atoms with E-state index in [0.29, 0.717) is 13.2 Å². The van der Waals surface area contributed by atoms with Crippen LogP contribution in [0.25, 0.3) is 0 Å². The molecule has 0 amide bonds. The first-order valence-corrected chi connectivity index (χ1v) is 9.42. The molecule has 1 aliphatic heterocycles. The molecule has 1 aromatic rings. The molecular formula is C15H22O3S2. The Kier molecular flexibility index (Phi) is 6.71. The number of hydrogen-bond donors (Lipinski definition) is 0. The van der Waals surface area contributed by atoms with E-state index in [9.17, 15) is 0 Å². The molecule has 1 heterocycles. The monoisotopic (exact) mass is 314 g/mol. The van der Waals surface area contributed by atoms with E-state index in [-0.39, 0.29) is 6.10 Å². The lowest BCUT2D eigenvalue weighted by molar-refractivity contribution is 0.163. The maximum absolute atomic E-state index is 5.66. The highest BCUT2D eigenvalue weighted by Crippen LogP contribution is 2.33. The lowest BCUT2D eigenvalue weighted by atomic mass is 9.98. The second kappa shape index (κ2) is 8.29. The normalized spacial score (nSPS) is 17.4. The number of ether oxygens (including phenoxy) is 3. The van der Waals surface area contributed by atoms with Crippen LogP contribution in [0.1, 0.15) is 28.4 Å². The molecule has 1 aromatic carbocycles. The molecule has 0 bridgehead atoms. The fourth-order valence-electron chi connectivity index (χ4n) is 2.06. The molecule has 2 rings (SSSR count). The van der Waals surface area contributed by atoms with Crippen LogP contribution in [-0.2, 0) is 27.4 Å². The molecule has 20 heavy (non-hydrogen) atoms. The third-order valence-electron chi connectivity index (χ3n) is 3.27. The van der Waals surface area contributed by atoms with Crippen molar-refractivity contribution in [1.29, 1.82) is 0 Å². The Labute approximate surface area is 129 Å². The summed E-state index contributed by atoms with van der Waals surface area (Å²) in [5.74, 6) is 1.45. The molecule has 1 atom stereocenters. The van der Waals surface area contributed by atoms with Gasteiger partial charge in [0, 0.05) is 0 Å². The summed E-state index contributed by atoms with van der Waals surface area (Å²) >= 11 is 3.39. The molecule has 5 heteroatoms. The van der Waals surface area contributed by atoms with E-state index in [4.69, 9.17) is 14.2 Å². The van der Waals surface area contributed by atoms with Crippen molar-refractivity contribution < 1.29 is 14.2 Å². The number of rotatable bonds is 9. The van der Waals surface area contributed by atoms with E-state index in [1.807, 2.05) is 12.5 Å². The van der Waals surface area contributed by atoms with Crippen molar-refractivity contribution in [3.8, 4) is 0 Å². The highest BCUT2D eigenvalue weighted by Gasteiger charge is 2.26. The molecule has 0 saturated carbocycles. The van der Waals surface area contributed by atoms with Crippen molar-refractivity contribution in [3.05, 3.63) is 34.4 Å². The number of epoxide rings is 1. The Morgan fingerprint density at radius 1 is 1.10 bits per heavy atom. The second-order valence-electron chi connectivity index (χ2n) is 4.80. The van der Waals surface area contributed by atoms with Crippen molar-refractivity contribution >= 4 is 23.5 Å². The van der Waals surface area contributed by atoms with Crippen LogP contribution in [0, 0.1) is 6.92 Å². The first-order valence-electron chi connectivity index (χ1n) is 6.63. The molecule has 0 radical (unpaired) electrons. The van der Waals surface area contributed by atoms with Gasteiger partial charge in [0.15, 0.2) is 0 Å². The van der Waals surface area contributed by atoms with Gasteiger partial charge in [0.25, 0.3) is 0 Å². The maximum Gasteiger partial charge on any atom is 0.106 e. The summed E-state index contributed by atoms with van der Waals surface area (Å²) in [6.45, 7) is 4.29. The standard InChI is InChI=1S/C15H22O3S2/c1-11-13(6-16-9-19-2)4-12(15-8-18-15)5-14(11)7-17-10-20-3/h4-5,15H,6-10H2,1-3H3. The lowest BCUT2D eigenvalue weighted by Crippen LogP contribution is -2.03. The first kappa shape index (κ1) is 16.2. The summed E-state index contributed by atoms with van der Waals surface area (Å²) in [7, 11) is 0. The SMILES string of the molecule is CSCOCc1cc(C2CO2)cc(COCSC)c1C. The summed E-state index contributed by atoms with van der Waals surface area (Å²) in [4.78, 5) is 0. The average molecular weight is 314 g/mol. The van der Waals surface area contributed by atoms with Crippen LogP contribution in [-0.4, -0.2) is 31.0 Å².